The summed E-state index contributed by atoms with van der Waals surface area (Å²) in [7, 11) is 0. The highest BCUT2D eigenvalue weighted by atomic mass is 16.6. The molecule has 1 aliphatic rings. The van der Waals surface area contributed by atoms with Crippen molar-refractivity contribution in [2.75, 3.05) is 6.61 Å². The number of hydrogen-bond acceptors (Lipinski definition) is 3. The van der Waals surface area contributed by atoms with Gasteiger partial charge in [-0.05, 0) is 11.1 Å². The first-order valence-corrected chi connectivity index (χ1v) is 5.62. The highest BCUT2D eigenvalue weighted by Crippen LogP contribution is 2.21. The lowest BCUT2D eigenvalue weighted by atomic mass is 10.1. The molecule has 92 valence electrons. The first kappa shape index (κ1) is 12.5. The van der Waals surface area contributed by atoms with E-state index in [0.29, 0.717) is 13.2 Å². The monoisotopic (exact) mass is 243 g/mol. The van der Waals surface area contributed by atoms with E-state index in [-0.39, 0.29) is 12.1 Å². The standard InChI is InChI=1S/C13H13N3O2/c1-2-12-13(11(9-17-12)15-16-14)18-8-10-6-4-3-5-7-10/h1,3-7,11-13H,8-9H2/t11-,12-,13-/m1/s1. The zero-order chi connectivity index (χ0) is 12.8. The SMILES string of the molecule is C#C[C@H]1OC[C@@H](N=[N+]=[N-])[C@H]1OCc1ccccc1. The Bertz CT molecular complexity index is 477. The fourth-order valence-electron chi connectivity index (χ4n) is 1.87. The molecule has 1 aromatic carbocycles. The molecule has 1 aliphatic heterocycles. The van der Waals surface area contributed by atoms with Crippen LogP contribution in [0.25, 0.3) is 10.4 Å². The summed E-state index contributed by atoms with van der Waals surface area (Å²) in [5.74, 6) is 2.51. The van der Waals surface area contributed by atoms with Crippen LogP contribution in [0.1, 0.15) is 5.56 Å². The van der Waals surface area contributed by atoms with E-state index in [9.17, 15) is 0 Å². The summed E-state index contributed by atoms with van der Waals surface area (Å²) in [6.45, 7) is 0.725. The number of rotatable bonds is 4. The van der Waals surface area contributed by atoms with Crippen LogP contribution in [0, 0.1) is 12.3 Å². The van der Waals surface area contributed by atoms with E-state index < -0.39 is 6.10 Å². The number of ether oxygens (including phenoxy) is 2. The van der Waals surface area contributed by atoms with Gasteiger partial charge in [-0.25, -0.2) is 0 Å². The van der Waals surface area contributed by atoms with Gasteiger partial charge in [-0.1, -0.05) is 41.4 Å². The topological polar surface area (TPSA) is 67.2 Å². The van der Waals surface area contributed by atoms with Gasteiger partial charge in [0, 0.05) is 4.91 Å². The van der Waals surface area contributed by atoms with Gasteiger partial charge in [-0.2, -0.15) is 0 Å². The van der Waals surface area contributed by atoms with Crippen LogP contribution in [-0.4, -0.2) is 24.9 Å². The number of nitrogens with zero attached hydrogens (tertiary/aromatic N) is 3. The Morgan fingerprint density at radius 2 is 2.28 bits per heavy atom. The molecular weight excluding hydrogens is 230 g/mol. The molecule has 0 aliphatic carbocycles. The third-order valence-electron chi connectivity index (χ3n) is 2.77. The fraction of sp³-hybridized carbons (Fsp3) is 0.385. The maximum Gasteiger partial charge on any atom is 0.144 e. The Hall–Kier alpha value is -1.99. The molecule has 5 nitrogen and oxygen atoms in total. The van der Waals surface area contributed by atoms with Gasteiger partial charge in [-0.15, -0.1) is 6.42 Å². The molecule has 1 saturated heterocycles. The molecule has 1 heterocycles. The van der Waals surface area contributed by atoms with E-state index in [1.165, 1.54) is 0 Å². The molecular formula is C13H13N3O2. The second-order valence-electron chi connectivity index (χ2n) is 3.95. The second-order valence-corrected chi connectivity index (χ2v) is 3.95. The molecule has 1 aromatic rings. The second kappa shape index (κ2) is 6.08. The number of benzene rings is 1. The number of azide groups is 1. The lowest BCUT2D eigenvalue weighted by Gasteiger charge is -2.17. The van der Waals surface area contributed by atoms with Crippen LogP contribution >= 0.6 is 0 Å². The van der Waals surface area contributed by atoms with Gasteiger partial charge in [0.25, 0.3) is 0 Å². The van der Waals surface area contributed by atoms with Gasteiger partial charge in [0.05, 0.1) is 19.3 Å². The zero-order valence-corrected chi connectivity index (χ0v) is 9.77. The van der Waals surface area contributed by atoms with Crippen LogP contribution < -0.4 is 0 Å². The third kappa shape index (κ3) is 2.82. The molecule has 18 heavy (non-hydrogen) atoms. The van der Waals surface area contributed by atoms with Gasteiger partial charge in [0.1, 0.15) is 12.2 Å². The molecule has 0 spiro atoms. The molecule has 0 aromatic heterocycles. The van der Waals surface area contributed by atoms with E-state index in [1.54, 1.807) is 0 Å². The summed E-state index contributed by atoms with van der Waals surface area (Å²) in [5, 5.41) is 3.65. The average Bonchev–Trinajstić information content (AvgIpc) is 2.80. The third-order valence-corrected chi connectivity index (χ3v) is 2.77. The minimum atomic E-state index is -0.454. The minimum absolute atomic E-state index is 0.304. The highest BCUT2D eigenvalue weighted by Gasteiger charge is 2.36. The van der Waals surface area contributed by atoms with Crippen molar-refractivity contribution in [3.05, 3.63) is 46.3 Å². The minimum Gasteiger partial charge on any atom is -0.369 e. The summed E-state index contributed by atoms with van der Waals surface area (Å²) in [6, 6.07) is 9.38. The first-order chi connectivity index (χ1) is 8.85. The van der Waals surface area contributed by atoms with E-state index >= 15 is 0 Å². The smallest absolute Gasteiger partial charge is 0.144 e. The Morgan fingerprint density at radius 3 is 2.94 bits per heavy atom. The summed E-state index contributed by atoms with van der Waals surface area (Å²) < 4.78 is 11.1. The largest absolute Gasteiger partial charge is 0.369 e. The van der Waals surface area contributed by atoms with Crippen molar-refractivity contribution >= 4 is 0 Å². The molecule has 0 amide bonds. The lowest BCUT2D eigenvalue weighted by molar-refractivity contribution is 0.00285. The summed E-state index contributed by atoms with van der Waals surface area (Å²) in [5.41, 5.74) is 9.53. The first-order valence-electron chi connectivity index (χ1n) is 5.62. The van der Waals surface area contributed by atoms with Gasteiger partial charge in [0.15, 0.2) is 0 Å². The summed E-state index contributed by atoms with van der Waals surface area (Å²) >= 11 is 0. The molecule has 0 N–H and O–H groups in total. The van der Waals surface area contributed by atoms with Crippen molar-refractivity contribution in [3.8, 4) is 12.3 Å². The molecule has 0 bridgehead atoms. The van der Waals surface area contributed by atoms with Crippen LogP contribution in [0.15, 0.2) is 35.4 Å². The van der Waals surface area contributed by atoms with Crippen LogP contribution in [0.5, 0.6) is 0 Å². The predicted molar refractivity (Wildman–Crippen MR) is 66.5 cm³/mol. The van der Waals surface area contributed by atoms with Gasteiger partial charge in [0.2, 0.25) is 0 Å². The van der Waals surface area contributed by atoms with Crippen molar-refractivity contribution < 1.29 is 9.47 Å². The van der Waals surface area contributed by atoms with Crippen molar-refractivity contribution in [2.45, 2.75) is 24.9 Å². The maximum absolute atomic E-state index is 8.48. The van der Waals surface area contributed by atoms with E-state index in [1.807, 2.05) is 30.3 Å². The van der Waals surface area contributed by atoms with E-state index in [0.717, 1.165) is 5.56 Å². The van der Waals surface area contributed by atoms with Crippen molar-refractivity contribution in [1.29, 1.82) is 0 Å². The normalized spacial score (nSPS) is 26.3. The molecule has 5 heteroatoms. The number of terminal acetylenes is 1. The zero-order valence-electron chi connectivity index (χ0n) is 9.77. The highest BCUT2D eigenvalue weighted by molar-refractivity contribution is 5.14. The molecule has 0 radical (unpaired) electrons. The molecule has 0 saturated carbocycles. The fourth-order valence-corrected chi connectivity index (χ4v) is 1.87. The molecule has 1 fully saturated rings. The van der Waals surface area contributed by atoms with Crippen molar-refractivity contribution in [2.24, 2.45) is 5.11 Å². The molecule has 2 rings (SSSR count). The van der Waals surface area contributed by atoms with Crippen LogP contribution in [0.4, 0.5) is 0 Å². The van der Waals surface area contributed by atoms with E-state index in [4.69, 9.17) is 21.4 Å². The molecule has 0 unspecified atom stereocenters. The quantitative estimate of drug-likeness (QED) is 0.352. The van der Waals surface area contributed by atoms with Gasteiger partial charge < -0.3 is 9.47 Å². The van der Waals surface area contributed by atoms with E-state index in [2.05, 4.69) is 15.9 Å². The van der Waals surface area contributed by atoms with Gasteiger partial charge >= 0.3 is 0 Å². The van der Waals surface area contributed by atoms with Crippen molar-refractivity contribution in [1.82, 2.24) is 0 Å². The predicted octanol–water partition coefficient (Wildman–Crippen LogP) is 2.28. The number of hydrogen-bond donors (Lipinski definition) is 0. The Balaban J connectivity index is 2.01. The average molecular weight is 243 g/mol. The Morgan fingerprint density at radius 1 is 1.50 bits per heavy atom. The van der Waals surface area contributed by atoms with Crippen molar-refractivity contribution in [3.63, 3.8) is 0 Å². The maximum atomic E-state index is 8.48. The lowest BCUT2D eigenvalue weighted by Crippen LogP contribution is -2.31. The van der Waals surface area contributed by atoms with Gasteiger partial charge in [-0.3, -0.25) is 0 Å². The molecule has 3 atom stereocenters. The van der Waals surface area contributed by atoms with Crippen LogP contribution in [-0.2, 0) is 16.1 Å². The Labute approximate surface area is 105 Å². The summed E-state index contributed by atoms with van der Waals surface area (Å²) in [4.78, 5) is 2.79. The Kier molecular flexibility index (Phi) is 4.21. The van der Waals surface area contributed by atoms with Crippen LogP contribution in [0.2, 0.25) is 0 Å². The summed E-state index contributed by atoms with van der Waals surface area (Å²) in [6.07, 6.45) is 4.52. The van der Waals surface area contributed by atoms with Crippen LogP contribution in [0.3, 0.4) is 0 Å².